The Morgan fingerprint density at radius 1 is 1.20 bits per heavy atom. The largest absolute Gasteiger partial charge is 0.355 e. The van der Waals surface area contributed by atoms with E-state index >= 15 is 0 Å². The molecule has 2 heterocycles. The van der Waals surface area contributed by atoms with Gasteiger partial charge in [0.1, 0.15) is 0 Å². The summed E-state index contributed by atoms with van der Waals surface area (Å²) < 4.78 is 1.96. The molecule has 0 spiro atoms. The molecule has 0 amide bonds. The summed E-state index contributed by atoms with van der Waals surface area (Å²) in [5.74, 6) is 0.862. The minimum absolute atomic E-state index is 0. The summed E-state index contributed by atoms with van der Waals surface area (Å²) in [6, 6.07) is 9.52. The second kappa shape index (κ2) is 11.1. The Kier molecular flexibility index (Phi) is 9.15. The third-order valence-electron chi connectivity index (χ3n) is 6.12. The van der Waals surface area contributed by atoms with Crippen LogP contribution in [0.3, 0.4) is 0 Å². The van der Waals surface area contributed by atoms with Crippen molar-refractivity contribution in [1.82, 2.24) is 25.3 Å². The average molecular weight is 524 g/mol. The molecule has 0 saturated carbocycles. The minimum Gasteiger partial charge on any atom is -0.355 e. The Labute approximate surface area is 198 Å². The highest BCUT2D eigenvalue weighted by Gasteiger charge is 2.21. The summed E-state index contributed by atoms with van der Waals surface area (Å²) >= 11 is 0. The van der Waals surface area contributed by atoms with Gasteiger partial charge in [0, 0.05) is 51.5 Å². The van der Waals surface area contributed by atoms with E-state index in [4.69, 9.17) is 0 Å². The lowest BCUT2D eigenvalue weighted by atomic mass is 9.99. The first kappa shape index (κ1) is 24.7. The van der Waals surface area contributed by atoms with Crippen LogP contribution in [0.5, 0.6) is 0 Å². The molecule has 2 aromatic rings. The van der Waals surface area contributed by atoms with Gasteiger partial charge in [-0.2, -0.15) is 5.10 Å². The monoisotopic (exact) mass is 524 g/mol. The van der Waals surface area contributed by atoms with Gasteiger partial charge in [-0.25, -0.2) is 0 Å². The Morgan fingerprint density at radius 2 is 1.90 bits per heavy atom. The quantitative estimate of drug-likeness (QED) is 0.346. The lowest BCUT2D eigenvalue weighted by Crippen LogP contribution is -2.49. The van der Waals surface area contributed by atoms with Gasteiger partial charge in [-0.1, -0.05) is 24.3 Å². The predicted octanol–water partition coefficient (Wildman–Crippen LogP) is 3.20. The molecule has 166 valence electrons. The Bertz CT molecular complexity index is 859. The zero-order chi connectivity index (χ0) is 21.0. The summed E-state index contributed by atoms with van der Waals surface area (Å²) in [6.45, 7) is 11.7. The van der Waals surface area contributed by atoms with Gasteiger partial charge in [0.15, 0.2) is 5.96 Å². The second-order valence-corrected chi connectivity index (χ2v) is 8.31. The van der Waals surface area contributed by atoms with E-state index in [0.717, 1.165) is 44.1 Å². The number of rotatable bonds is 6. The Balaban J connectivity index is 0.00000320. The van der Waals surface area contributed by atoms with Crippen LogP contribution >= 0.6 is 24.0 Å². The lowest BCUT2D eigenvalue weighted by Gasteiger charge is -2.34. The van der Waals surface area contributed by atoms with E-state index in [1.807, 2.05) is 18.8 Å². The summed E-state index contributed by atoms with van der Waals surface area (Å²) in [7, 11) is 3.84. The maximum Gasteiger partial charge on any atom is 0.191 e. The van der Waals surface area contributed by atoms with Crippen LogP contribution in [0.4, 0.5) is 0 Å². The van der Waals surface area contributed by atoms with Crippen LogP contribution in [0.2, 0.25) is 0 Å². The molecule has 7 heteroatoms. The fourth-order valence-electron chi connectivity index (χ4n) is 4.17. The van der Waals surface area contributed by atoms with Crippen LogP contribution in [0, 0.1) is 13.8 Å². The van der Waals surface area contributed by atoms with E-state index in [9.17, 15) is 0 Å². The Hall–Kier alpha value is -1.61. The smallest absolute Gasteiger partial charge is 0.191 e. The van der Waals surface area contributed by atoms with Crippen molar-refractivity contribution in [3.05, 3.63) is 52.3 Å². The first-order valence-corrected chi connectivity index (χ1v) is 10.7. The van der Waals surface area contributed by atoms with Crippen LogP contribution in [-0.4, -0.2) is 52.9 Å². The van der Waals surface area contributed by atoms with Crippen molar-refractivity contribution >= 4 is 29.9 Å². The van der Waals surface area contributed by atoms with Crippen LogP contribution in [0.25, 0.3) is 0 Å². The highest BCUT2D eigenvalue weighted by molar-refractivity contribution is 14.0. The first-order valence-electron chi connectivity index (χ1n) is 10.7. The molecule has 0 fully saturated rings. The van der Waals surface area contributed by atoms with Gasteiger partial charge in [-0.3, -0.25) is 14.6 Å². The number of fused-ring (bicyclic) bond motifs is 1. The van der Waals surface area contributed by atoms with Gasteiger partial charge in [0.2, 0.25) is 0 Å². The third-order valence-corrected chi connectivity index (χ3v) is 6.12. The summed E-state index contributed by atoms with van der Waals surface area (Å²) in [4.78, 5) is 6.98. The van der Waals surface area contributed by atoms with Gasteiger partial charge >= 0.3 is 0 Å². The zero-order valence-corrected chi connectivity index (χ0v) is 21.5. The maximum absolute atomic E-state index is 4.53. The van der Waals surface area contributed by atoms with Crippen molar-refractivity contribution in [2.45, 2.75) is 59.2 Å². The maximum atomic E-state index is 4.53. The number of aliphatic imine (C=N–C) groups is 1. The van der Waals surface area contributed by atoms with Gasteiger partial charge in [0.05, 0.1) is 5.69 Å². The number of nitrogens with one attached hydrogen (secondary N) is 2. The van der Waals surface area contributed by atoms with Crippen molar-refractivity contribution in [2.24, 2.45) is 12.0 Å². The molecular formula is C23H37IN6. The van der Waals surface area contributed by atoms with Gasteiger partial charge < -0.3 is 10.6 Å². The van der Waals surface area contributed by atoms with E-state index in [2.05, 4.69) is 77.6 Å². The SMILES string of the molecule is CN=C(NCC(C)N1CCc2ccccc2C1)NC(C)Cc1c(C)nn(C)c1C.I. The number of hydrogen-bond donors (Lipinski definition) is 2. The molecule has 0 radical (unpaired) electrons. The van der Waals surface area contributed by atoms with E-state index in [-0.39, 0.29) is 30.0 Å². The molecule has 1 aliphatic rings. The highest BCUT2D eigenvalue weighted by atomic mass is 127. The predicted molar refractivity (Wildman–Crippen MR) is 136 cm³/mol. The van der Waals surface area contributed by atoms with Crippen molar-refractivity contribution in [2.75, 3.05) is 20.1 Å². The number of aromatic nitrogens is 2. The Morgan fingerprint density at radius 3 is 2.53 bits per heavy atom. The minimum atomic E-state index is 0. The fourth-order valence-corrected chi connectivity index (χ4v) is 4.17. The molecule has 1 aliphatic heterocycles. The molecule has 2 atom stereocenters. The molecular weight excluding hydrogens is 487 g/mol. The normalized spacial score (nSPS) is 16.4. The van der Waals surface area contributed by atoms with E-state index in [1.165, 1.54) is 22.4 Å². The summed E-state index contributed by atoms with van der Waals surface area (Å²) in [5, 5.41) is 11.6. The van der Waals surface area contributed by atoms with Gasteiger partial charge in [-0.15, -0.1) is 24.0 Å². The van der Waals surface area contributed by atoms with E-state index in [1.54, 1.807) is 0 Å². The van der Waals surface area contributed by atoms with Gasteiger partial charge in [0.25, 0.3) is 0 Å². The number of hydrogen-bond acceptors (Lipinski definition) is 3. The molecule has 0 aliphatic carbocycles. The molecule has 0 bridgehead atoms. The van der Waals surface area contributed by atoms with Crippen LogP contribution in [-0.2, 0) is 26.4 Å². The third kappa shape index (κ3) is 5.97. The molecule has 1 aromatic carbocycles. The second-order valence-electron chi connectivity index (χ2n) is 8.31. The molecule has 30 heavy (non-hydrogen) atoms. The topological polar surface area (TPSA) is 57.5 Å². The molecule has 2 unspecified atom stereocenters. The van der Waals surface area contributed by atoms with Crippen molar-refractivity contribution < 1.29 is 0 Å². The van der Waals surface area contributed by atoms with Crippen LogP contribution in [0.15, 0.2) is 29.3 Å². The number of guanidine groups is 1. The average Bonchev–Trinajstić information content (AvgIpc) is 2.96. The fraction of sp³-hybridized carbons (Fsp3) is 0.565. The number of aryl methyl sites for hydroxylation is 2. The molecule has 6 nitrogen and oxygen atoms in total. The lowest BCUT2D eigenvalue weighted by molar-refractivity contribution is 0.191. The molecule has 0 saturated heterocycles. The van der Waals surface area contributed by atoms with Crippen molar-refractivity contribution in [1.29, 1.82) is 0 Å². The van der Waals surface area contributed by atoms with Gasteiger partial charge in [-0.05, 0) is 57.2 Å². The number of benzene rings is 1. The van der Waals surface area contributed by atoms with E-state index in [0.29, 0.717) is 6.04 Å². The number of nitrogens with zero attached hydrogens (tertiary/aromatic N) is 4. The molecule has 3 rings (SSSR count). The number of halogens is 1. The first-order chi connectivity index (χ1) is 13.9. The van der Waals surface area contributed by atoms with E-state index < -0.39 is 0 Å². The standard InChI is InChI=1S/C23H36N6.HI/c1-16(13-22-18(3)27-28(6)19(22)4)26-23(24-5)25-14-17(2)29-12-11-20-9-7-8-10-21(20)15-29;/h7-10,16-17H,11-15H2,1-6H3,(H2,24,25,26);1H. The van der Waals surface area contributed by atoms with Crippen LogP contribution < -0.4 is 10.6 Å². The molecule has 2 N–H and O–H groups in total. The van der Waals surface area contributed by atoms with Crippen molar-refractivity contribution in [3.8, 4) is 0 Å². The highest BCUT2D eigenvalue weighted by Crippen LogP contribution is 2.20. The summed E-state index contributed by atoms with van der Waals surface area (Å²) in [5.41, 5.74) is 6.63. The zero-order valence-electron chi connectivity index (χ0n) is 19.2. The van der Waals surface area contributed by atoms with Crippen LogP contribution in [0.1, 0.15) is 41.9 Å². The summed E-state index contributed by atoms with van der Waals surface area (Å²) in [6.07, 6.45) is 2.07. The van der Waals surface area contributed by atoms with Crippen molar-refractivity contribution in [3.63, 3.8) is 0 Å². The molecule has 1 aromatic heterocycles.